The second-order valence-electron chi connectivity index (χ2n) is 5.28. The van der Waals surface area contributed by atoms with Crippen LogP contribution in [0.15, 0.2) is 62.9 Å². The number of carbonyl (C=O) groups excluding carboxylic acids is 1. The highest BCUT2D eigenvalue weighted by atomic mass is 79.9. The molecule has 5 nitrogen and oxygen atoms in total. The number of nitrogens with one attached hydrogen (secondary N) is 1. The number of thioether (sulfide) groups is 1. The molecular weight excluding hydrogens is 468 g/mol. The van der Waals surface area contributed by atoms with Gasteiger partial charge in [0.15, 0.2) is 5.16 Å². The van der Waals surface area contributed by atoms with E-state index in [0.717, 1.165) is 20.3 Å². The summed E-state index contributed by atoms with van der Waals surface area (Å²) in [6.45, 7) is 2.04. The fourth-order valence-corrected chi connectivity index (χ4v) is 3.99. The Morgan fingerprint density at radius 2 is 1.96 bits per heavy atom. The van der Waals surface area contributed by atoms with Crippen molar-refractivity contribution in [3.63, 3.8) is 0 Å². The smallest absolute Gasteiger partial charge is 0.234 e. The molecule has 0 aliphatic rings. The topological polar surface area (TPSA) is 59.8 Å². The van der Waals surface area contributed by atoms with Crippen LogP contribution >= 0.6 is 43.6 Å². The van der Waals surface area contributed by atoms with Crippen LogP contribution in [0.5, 0.6) is 0 Å². The molecule has 1 amide bonds. The van der Waals surface area contributed by atoms with E-state index in [0.29, 0.717) is 5.16 Å². The second kappa shape index (κ2) is 8.16. The van der Waals surface area contributed by atoms with E-state index < -0.39 is 0 Å². The lowest BCUT2D eigenvalue weighted by Gasteiger charge is -2.08. The van der Waals surface area contributed by atoms with Crippen molar-refractivity contribution in [1.82, 2.24) is 14.8 Å². The molecule has 2 aromatic carbocycles. The summed E-state index contributed by atoms with van der Waals surface area (Å²) >= 11 is 8.17. The van der Waals surface area contributed by atoms with Crippen LogP contribution in [0.1, 0.15) is 5.56 Å². The quantitative estimate of drug-likeness (QED) is 0.530. The molecule has 25 heavy (non-hydrogen) atoms. The first-order chi connectivity index (χ1) is 12.0. The van der Waals surface area contributed by atoms with Crippen LogP contribution in [0.3, 0.4) is 0 Å². The molecule has 1 heterocycles. The monoisotopic (exact) mass is 480 g/mol. The summed E-state index contributed by atoms with van der Waals surface area (Å²) in [4.78, 5) is 12.2. The number of nitrogens with zero attached hydrogens (tertiary/aromatic N) is 3. The van der Waals surface area contributed by atoms with Gasteiger partial charge in [-0.15, -0.1) is 10.2 Å². The predicted molar refractivity (Wildman–Crippen MR) is 107 cm³/mol. The number of rotatable bonds is 5. The van der Waals surface area contributed by atoms with Gasteiger partial charge >= 0.3 is 0 Å². The van der Waals surface area contributed by atoms with Crippen molar-refractivity contribution < 1.29 is 4.79 Å². The molecule has 1 aromatic heterocycles. The van der Waals surface area contributed by atoms with Gasteiger partial charge in [-0.05, 0) is 53.2 Å². The molecule has 8 heteroatoms. The number of halogens is 2. The summed E-state index contributed by atoms with van der Waals surface area (Å²) in [5.74, 6) is 0.138. The Bertz CT molecular complexity index is 896. The van der Waals surface area contributed by atoms with Crippen LogP contribution in [-0.2, 0) is 4.79 Å². The van der Waals surface area contributed by atoms with E-state index in [4.69, 9.17) is 0 Å². The average Bonchev–Trinajstić information content (AvgIpc) is 3.05. The zero-order valence-corrected chi connectivity index (χ0v) is 17.2. The summed E-state index contributed by atoms with van der Waals surface area (Å²) in [6.07, 6.45) is 1.65. The lowest BCUT2D eigenvalue weighted by molar-refractivity contribution is -0.113. The summed E-state index contributed by atoms with van der Waals surface area (Å²) in [5, 5.41) is 11.6. The van der Waals surface area contributed by atoms with Gasteiger partial charge in [-0.1, -0.05) is 45.4 Å². The lowest BCUT2D eigenvalue weighted by Crippen LogP contribution is -2.14. The third kappa shape index (κ3) is 4.71. The Morgan fingerprint density at radius 1 is 1.20 bits per heavy atom. The highest BCUT2D eigenvalue weighted by Crippen LogP contribution is 2.27. The minimum Gasteiger partial charge on any atom is -0.324 e. The number of hydrogen-bond acceptors (Lipinski definition) is 4. The normalized spacial score (nSPS) is 10.7. The van der Waals surface area contributed by atoms with Gasteiger partial charge in [0, 0.05) is 14.6 Å². The maximum absolute atomic E-state index is 12.2. The van der Waals surface area contributed by atoms with E-state index >= 15 is 0 Å². The Hall–Kier alpha value is -1.64. The lowest BCUT2D eigenvalue weighted by atomic mass is 10.2. The van der Waals surface area contributed by atoms with Crippen LogP contribution < -0.4 is 5.32 Å². The van der Waals surface area contributed by atoms with Gasteiger partial charge in [0.1, 0.15) is 6.33 Å². The molecule has 0 saturated heterocycles. The number of amides is 1. The standard InChI is InChI=1S/C17H14Br2N4OS/c1-11-2-5-13(6-3-11)23-10-20-22-17(23)25-9-16(24)21-15-7-4-12(18)8-14(15)19/h2-8,10H,9H2,1H3,(H,21,24). The van der Waals surface area contributed by atoms with Gasteiger partial charge in [0.25, 0.3) is 0 Å². The molecule has 0 fully saturated rings. The average molecular weight is 482 g/mol. The number of carbonyl (C=O) groups is 1. The third-order valence-corrected chi connectivity index (χ3v) is 5.46. The molecule has 128 valence electrons. The van der Waals surface area contributed by atoms with Gasteiger partial charge in [-0.25, -0.2) is 0 Å². The molecular formula is C17H14Br2N4OS. The van der Waals surface area contributed by atoms with Crippen molar-refractivity contribution in [2.45, 2.75) is 12.1 Å². The van der Waals surface area contributed by atoms with Crippen molar-refractivity contribution >= 4 is 55.2 Å². The van der Waals surface area contributed by atoms with Crippen molar-refractivity contribution in [1.29, 1.82) is 0 Å². The predicted octanol–water partition coefficient (Wildman–Crippen LogP) is 4.83. The first kappa shape index (κ1) is 18.2. The van der Waals surface area contributed by atoms with Crippen molar-refractivity contribution in [2.24, 2.45) is 0 Å². The first-order valence-corrected chi connectivity index (χ1v) is 9.95. The highest BCUT2D eigenvalue weighted by molar-refractivity contribution is 9.11. The van der Waals surface area contributed by atoms with E-state index in [1.54, 1.807) is 6.33 Å². The minimum atomic E-state index is -0.105. The van der Waals surface area contributed by atoms with E-state index in [9.17, 15) is 4.79 Å². The van der Waals surface area contributed by atoms with Crippen molar-refractivity contribution in [2.75, 3.05) is 11.1 Å². The van der Waals surface area contributed by atoms with E-state index in [1.165, 1.54) is 17.3 Å². The summed E-state index contributed by atoms with van der Waals surface area (Å²) in [6, 6.07) is 13.7. The number of hydrogen-bond donors (Lipinski definition) is 1. The maximum Gasteiger partial charge on any atom is 0.234 e. The highest BCUT2D eigenvalue weighted by Gasteiger charge is 2.11. The Kier molecular flexibility index (Phi) is 5.93. The molecule has 0 radical (unpaired) electrons. The maximum atomic E-state index is 12.2. The van der Waals surface area contributed by atoms with Crippen LogP contribution in [0, 0.1) is 6.92 Å². The fraction of sp³-hybridized carbons (Fsp3) is 0.118. The van der Waals surface area contributed by atoms with Gasteiger partial charge < -0.3 is 5.32 Å². The second-order valence-corrected chi connectivity index (χ2v) is 7.99. The molecule has 0 bridgehead atoms. The molecule has 0 unspecified atom stereocenters. The zero-order valence-electron chi connectivity index (χ0n) is 13.2. The van der Waals surface area contributed by atoms with E-state index in [-0.39, 0.29) is 11.7 Å². The number of aryl methyl sites for hydroxylation is 1. The number of benzene rings is 2. The Labute approximate surface area is 166 Å². The molecule has 1 N–H and O–H groups in total. The summed E-state index contributed by atoms with van der Waals surface area (Å²) in [7, 11) is 0. The van der Waals surface area contributed by atoms with E-state index in [2.05, 4.69) is 47.4 Å². The van der Waals surface area contributed by atoms with Gasteiger partial charge in [-0.3, -0.25) is 9.36 Å². The van der Waals surface area contributed by atoms with E-state index in [1.807, 2.05) is 54.0 Å². The number of aromatic nitrogens is 3. The third-order valence-electron chi connectivity index (χ3n) is 3.37. The molecule has 0 saturated carbocycles. The van der Waals surface area contributed by atoms with Crippen LogP contribution in [-0.4, -0.2) is 26.4 Å². The summed E-state index contributed by atoms with van der Waals surface area (Å²) < 4.78 is 3.63. The van der Waals surface area contributed by atoms with Crippen LogP contribution in [0.4, 0.5) is 5.69 Å². The van der Waals surface area contributed by atoms with Crippen molar-refractivity contribution in [3.05, 3.63) is 63.3 Å². The fourth-order valence-electron chi connectivity index (χ4n) is 2.11. The van der Waals surface area contributed by atoms with Gasteiger partial charge in [0.2, 0.25) is 5.91 Å². The SMILES string of the molecule is Cc1ccc(-n2cnnc2SCC(=O)Nc2ccc(Br)cc2Br)cc1. The first-order valence-electron chi connectivity index (χ1n) is 7.38. The summed E-state index contributed by atoms with van der Waals surface area (Å²) in [5.41, 5.74) is 2.88. The van der Waals surface area contributed by atoms with Gasteiger partial charge in [-0.2, -0.15) is 0 Å². The van der Waals surface area contributed by atoms with Crippen molar-refractivity contribution in [3.8, 4) is 5.69 Å². The largest absolute Gasteiger partial charge is 0.324 e. The van der Waals surface area contributed by atoms with Crippen LogP contribution in [0.2, 0.25) is 0 Å². The minimum absolute atomic E-state index is 0.105. The van der Waals surface area contributed by atoms with Crippen LogP contribution in [0.25, 0.3) is 5.69 Å². The number of anilines is 1. The molecule has 0 atom stereocenters. The molecule has 0 spiro atoms. The Balaban J connectivity index is 1.65. The molecule has 3 aromatic rings. The molecule has 0 aliphatic carbocycles. The van der Waals surface area contributed by atoms with Gasteiger partial charge in [0.05, 0.1) is 11.4 Å². The molecule has 3 rings (SSSR count). The zero-order chi connectivity index (χ0) is 17.8. The molecule has 0 aliphatic heterocycles. The Morgan fingerprint density at radius 3 is 2.68 bits per heavy atom.